The fraction of sp³-hybridized carbons (Fsp3) is 0.273. The van der Waals surface area contributed by atoms with Gasteiger partial charge in [-0.05, 0) is 0 Å². The molecule has 0 aliphatic heterocycles. The Bertz CT molecular complexity index is 352. The van der Waals surface area contributed by atoms with E-state index in [1.807, 2.05) is 0 Å². The van der Waals surface area contributed by atoms with E-state index in [0.29, 0.717) is 6.65 Å². The maximum Gasteiger partial charge on any atom is -1.00 e. The van der Waals surface area contributed by atoms with Crippen LogP contribution in [0.2, 0.25) is 6.55 Å². The van der Waals surface area contributed by atoms with Gasteiger partial charge in [0.1, 0.15) is 0 Å². The standard InChI is InChI=1S/C10H9.CH5Si.2ClH.Zr/c1-8-6-9-4-2-3-5-10(9)7-8;1-2;;;/h2-7H,1H3;2H2,1H3;2*1H;/q;;;;+2/p-2. The molecule has 1 atom stereocenters. The number of halogens is 2. The molecule has 1 unspecified atom stereocenters. The molecule has 0 fully saturated rings. The van der Waals surface area contributed by atoms with Crippen LogP contribution in [0.15, 0.2) is 29.8 Å². The Hall–Kier alpha value is 0.640. The second-order valence-corrected chi connectivity index (χ2v) is 14.3. The Kier molecular flexibility index (Phi) is 7.36. The summed E-state index contributed by atoms with van der Waals surface area (Å²) < 4.78 is 0.927. The fourth-order valence-electron chi connectivity index (χ4n) is 1.95. The van der Waals surface area contributed by atoms with E-state index in [1.165, 1.54) is 5.56 Å². The summed E-state index contributed by atoms with van der Waals surface area (Å²) in [5.74, 6) is 0. The molecule has 1 aliphatic carbocycles. The van der Waals surface area contributed by atoms with Crippen molar-refractivity contribution in [1.82, 2.24) is 0 Å². The van der Waals surface area contributed by atoms with Crippen molar-refractivity contribution >= 4 is 12.7 Å². The smallest absolute Gasteiger partial charge is 1.00 e. The van der Waals surface area contributed by atoms with Crippen LogP contribution in [0, 0.1) is 0 Å². The van der Waals surface area contributed by atoms with Gasteiger partial charge in [-0.3, -0.25) is 0 Å². The summed E-state index contributed by atoms with van der Waals surface area (Å²) in [6, 6.07) is 8.93. The molecular formula is C11H14Cl2SiZr. The minimum absolute atomic E-state index is 0. The van der Waals surface area contributed by atoms with Crippen LogP contribution in [-0.2, 0) is 22.4 Å². The summed E-state index contributed by atoms with van der Waals surface area (Å²) in [5, 5.41) is 0. The number of rotatable bonds is 2. The second kappa shape index (κ2) is 7.06. The zero-order valence-electron chi connectivity index (χ0n) is 8.93. The molecule has 0 N–H and O–H groups in total. The topological polar surface area (TPSA) is 0 Å². The van der Waals surface area contributed by atoms with Crippen LogP contribution in [0.4, 0.5) is 0 Å². The van der Waals surface area contributed by atoms with Gasteiger partial charge in [-0.2, -0.15) is 0 Å². The molecule has 0 saturated carbocycles. The van der Waals surface area contributed by atoms with Crippen molar-refractivity contribution in [3.8, 4) is 0 Å². The van der Waals surface area contributed by atoms with Gasteiger partial charge in [-0.15, -0.1) is 0 Å². The maximum absolute atomic E-state index is 2.47. The Morgan fingerprint density at radius 3 is 2.53 bits per heavy atom. The zero-order chi connectivity index (χ0) is 9.26. The van der Waals surface area contributed by atoms with E-state index in [-0.39, 0.29) is 47.2 Å². The monoisotopic (exact) mass is 334 g/mol. The summed E-state index contributed by atoms with van der Waals surface area (Å²) in [7, 11) is 0. The number of benzene rings is 1. The van der Waals surface area contributed by atoms with Crippen molar-refractivity contribution in [2.75, 3.05) is 0 Å². The van der Waals surface area contributed by atoms with Crippen molar-refractivity contribution in [3.05, 3.63) is 41.0 Å². The largest absolute Gasteiger partial charge is 1.00 e. The van der Waals surface area contributed by atoms with Crippen molar-refractivity contribution < 1.29 is 47.2 Å². The minimum atomic E-state index is -0.0600. The van der Waals surface area contributed by atoms with Crippen molar-refractivity contribution in [2.24, 2.45) is 0 Å². The first-order chi connectivity index (χ1) is 6.33. The van der Waals surface area contributed by atoms with Crippen LogP contribution in [0.3, 0.4) is 0 Å². The van der Waals surface area contributed by atoms with Crippen molar-refractivity contribution in [3.63, 3.8) is 0 Å². The molecule has 0 aromatic heterocycles. The molecule has 1 aliphatic rings. The van der Waals surface area contributed by atoms with Gasteiger partial charge in [-0.1, -0.05) is 0 Å². The molecule has 0 amide bonds. The Morgan fingerprint density at radius 2 is 1.87 bits per heavy atom. The number of fused-ring (bicyclic) bond motifs is 1. The second-order valence-electron chi connectivity index (χ2n) is 3.51. The molecular weight excluding hydrogens is 322 g/mol. The summed E-state index contributed by atoms with van der Waals surface area (Å²) in [5.41, 5.74) is 4.77. The summed E-state index contributed by atoms with van der Waals surface area (Å²) in [6.07, 6.45) is 2.39. The minimum Gasteiger partial charge on any atom is -1.00 e. The number of hydrogen-bond acceptors (Lipinski definition) is 0. The molecule has 80 valence electrons. The predicted molar refractivity (Wildman–Crippen MR) is 57.2 cm³/mol. The van der Waals surface area contributed by atoms with Crippen LogP contribution in [0.25, 0.3) is 6.08 Å². The van der Waals surface area contributed by atoms with Gasteiger partial charge in [0.05, 0.1) is 0 Å². The molecule has 0 saturated heterocycles. The zero-order valence-corrected chi connectivity index (χ0v) is 14.3. The first-order valence-corrected chi connectivity index (χ1v) is 13.6. The number of allylic oxidation sites excluding steroid dienone is 1. The summed E-state index contributed by atoms with van der Waals surface area (Å²) in [4.78, 5) is 0. The fourth-order valence-corrected chi connectivity index (χ4v) is 10.8. The van der Waals surface area contributed by atoms with E-state index >= 15 is 0 Å². The molecule has 1 aromatic carbocycles. The normalized spacial score (nSPS) is 17.5. The third kappa shape index (κ3) is 3.30. The third-order valence-electron chi connectivity index (χ3n) is 2.55. The Labute approximate surface area is 117 Å². The van der Waals surface area contributed by atoms with Gasteiger partial charge in [0.15, 0.2) is 0 Å². The molecule has 15 heavy (non-hydrogen) atoms. The summed E-state index contributed by atoms with van der Waals surface area (Å²) >= 11 is -0.0600. The molecule has 0 heterocycles. The van der Waals surface area contributed by atoms with E-state index in [0.717, 1.165) is 3.63 Å². The average molecular weight is 336 g/mol. The maximum atomic E-state index is 2.47. The van der Waals surface area contributed by atoms with Gasteiger partial charge in [0, 0.05) is 0 Å². The molecule has 0 nitrogen and oxygen atoms in total. The summed E-state index contributed by atoms with van der Waals surface area (Å²) in [6.45, 7) is 5.13. The van der Waals surface area contributed by atoms with E-state index < -0.39 is 0 Å². The molecule has 0 bridgehead atoms. The Balaban J connectivity index is 0.000000980. The molecule has 0 radical (unpaired) electrons. The van der Waals surface area contributed by atoms with E-state index in [4.69, 9.17) is 0 Å². The molecule has 1 aromatic rings. The van der Waals surface area contributed by atoms with Crippen LogP contribution in [0.5, 0.6) is 0 Å². The molecule has 4 heteroatoms. The van der Waals surface area contributed by atoms with Crippen LogP contribution < -0.4 is 24.8 Å². The van der Waals surface area contributed by atoms with Gasteiger partial charge in [-0.25, -0.2) is 0 Å². The van der Waals surface area contributed by atoms with Crippen molar-refractivity contribution in [1.29, 1.82) is 0 Å². The SMILES string of the molecule is C[SiH2][Zr+2][CH]1C(C)=Cc2ccccc21.[Cl-].[Cl-]. The van der Waals surface area contributed by atoms with Gasteiger partial charge < -0.3 is 24.8 Å². The quantitative estimate of drug-likeness (QED) is 0.489. The first-order valence-electron chi connectivity index (χ1n) is 4.83. The third-order valence-corrected chi connectivity index (χ3v) is 11.3. The Morgan fingerprint density at radius 1 is 1.20 bits per heavy atom. The van der Waals surface area contributed by atoms with Crippen molar-refractivity contribution in [2.45, 2.75) is 17.1 Å². The van der Waals surface area contributed by atoms with Gasteiger partial charge >= 0.3 is 93.2 Å². The molecule has 2 rings (SSSR count). The van der Waals surface area contributed by atoms with Gasteiger partial charge in [0.2, 0.25) is 0 Å². The van der Waals surface area contributed by atoms with Crippen LogP contribution in [0.1, 0.15) is 21.7 Å². The van der Waals surface area contributed by atoms with E-state index in [1.54, 1.807) is 11.1 Å². The average Bonchev–Trinajstić information content (AvgIpc) is 2.44. The van der Waals surface area contributed by atoms with Crippen LogP contribution >= 0.6 is 0 Å². The number of hydrogen-bond donors (Lipinski definition) is 0. The molecule has 0 spiro atoms. The van der Waals surface area contributed by atoms with E-state index in [2.05, 4.69) is 43.8 Å². The predicted octanol–water partition coefficient (Wildman–Crippen LogP) is -3.63. The van der Waals surface area contributed by atoms with Gasteiger partial charge in [0.25, 0.3) is 0 Å². The van der Waals surface area contributed by atoms with Crippen LogP contribution in [-0.4, -0.2) is 6.65 Å². The van der Waals surface area contributed by atoms with E-state index in [9.17, 15) is 0 Å². The first kappa shape index (κ1) is 15.6.